The number of hydrogen-bond acceptors (Lipinski definition) is 1. The van der Waals surface area contributed by atoms with Gasteiger partial charge in [-0.1, -0.05) is 136 Å². The molecule has 2 aliphatic rings. The summed E-state index contributed by atoms with van der Waals surface area (Å²) in [5.74, 6) is 0. The molecule has 0 aliphatic heterocycles. The zero-order chi connectivity index (χ0) is 28.6. The van der Waals surface area contributed by atoms with Crippen molar-refractivity contribution in [3.05, 3.63) is 161 Å². The molecule has 0 bridgehead atoms. The Bertz CT molecular complexity index is 1960. The van der Waals surface area contributed by atoms with Gasteiger partial charge in [0.25, 0.3) is 0 Å². The Labute approximate surface area is 248 Å². The lowest BCUT2D eigenvalue weighted by atomic mass is 9.70. The molecule has 2 N–H and O–H groups in total. The molecule has 0 radical (unpaired) electrons. The number of nitrogens with two attached hydrogens (primary N) is 1. The summed E-state index contributed by atoms with van der Waals surface area (Å²) in [4.78, 5) is 0. The number of benzene rings is 6. The van der Waals surface area contributed by atoms with Crippen LogP contribution in [0.3, 0.4) is 0 Å². The molecule has 0 aromatic heterocycles. The quantitative estimate of drug-likeness (QED) is 0.217. The maximum absolute atomic E-state index is 6.47. The fraction of sp³-hybridized carbons (Fsp3) is 0.122. The van der Waals surface area contributed by atoms with Gasteiger partial charge in [0.05, 0.1) is 5.41 Å². The highest BCUT2D eigenvalue weighted by atomic mass is 14.6. The second-order valence-electron chi connectivity index (χ2n) is 12.8. The van der Waals surface area contributed by atoms with Gasteiger partial charge in [-0.05, 0) is 95.9 Å². The van der Waals surface area contributed by atoms with E-state index >= 15 is 0 Å². The van der Waals surface area contributed by atoms with Crippen LogP contribution in [0.1, 0.15) is 48.6 Å². The van der Waals surface area contributed by atoms with Gasteiger partial charge in [0.2, 0.25) is 0 Å². The normalized spacial score (nSPS) is 13.9. The molecule has 0 unspecified atom stereocenters. The first-order valence-electron chi connectivity index (χ1n) is 14.8. The Balaban J connectivity index is 1.28. The molecule has 42 heavy (non-hydrogen) atoms. The highest BCUT2D eigenvalue weighted by Crippen LogP contribution is 2.63. The molecule has 1 heteroatoms. The highest BCUT2D eigenvalue weighted by Gasteiger charge is 2.51. The largest absolute Gasteiger partial charge is 0.399 e. The molecule has 0 saturated carbocycles. The third-order valence-electron chi connectivity index (χ3n) is 9.42. The summed E-state index contributed by atoms with van der Waals surface area (Å²) < 4.78 is 0. The number of rotatable bonds is 2. The zero-order valence-corrected chi connectivity index (χ0v) is 24.3. The van der Waals surface area contributed by atoms with Crippen molar-refractivity contribution >= 4 is 5.69 Å². The molecule has 2 aliphatic carbocycles. The second-order valence-corrected chi connectivity index (χ2v) is 12.8. The summed E-state index contributed by atoms with van der Waals surface area (Å²) in [5, 5.41) is 0. The smallest absolute Gasteiger partial charge is 0.0726 e. The van der Waals surface area contributed by atoms with Gasteiger partial charge in [0.15, 0.2) is 0 Å². The van der Waals surface area contributed by atoms with Crippen LogP contribution in [-0.4, -0.2) is 0 Å². The summed E-state index contributed by atoms with van der Waals surface area (Å²) in [6, 6.07) is 49.3. The van der Waals surface area contributed by atoms with E-state index in [9.17, 15) is 0 Å². The average Bonchev–Trinajstić information content (AvgIpc) is 3.47. The van der Waals surface area contributed by atoms with E-state index in [1.54, 1.807) is 0 Å². The molecule has 0 amide bonds. The third-order valence-corrected chi connectivity index (χ3v) is 9.42. The standard InChI is InChI=1S/C41H33N/c1-40(2,3)30-19-16-27(17-20-30)26-12-14-28(15-13-26)29-18-22-34-35-23-21-31(42)25-39(35)41(38(34)24-29)36-10-6-4-8-32(36)33-9-5-7-11-37(33)41/h4-25H,42H2,1-3H3. The molecular formula is C41H33N. The molecule has 1 spiro atoms. The molecule has 8 rings (SSSR count). The summed E-state index contributed by atoms with van der Waals surface area (Å²) >= 11 is 0. The SMILES string of the molecule is CC(C)(C)c1ccc(-c2ccc(-c3ccc4c(c3)C3(c5ccccc5-c5ccccc53)c3cc(N)ccc3-4)cc2)cc1. The molecule has 0 fully saturated rings. The second kappa shape index (κ2) is 8.81. The Morgan fingerprint density at radius 1 is 0.429 bits per heavy atom. The molecule has 1 nitrogen and oxygen atoms in total. The minimum Gasteiger partial charge on any atom is -0.399 e. The van der Waals surface area contributed by atoms with Gasteiger partial charge in [-0.15, -0.1) is 0 Å². The summed E-state index contributed by atoms with van der Waals surface area (Å²) in [7, 11) is 0. The lowest BCUT2D eigenvalue weighted by Crippen LogP contribution is -2.26. The van der Waals surface area contributed by atoms with Crippen LogP contribution in [0.2, 0.25) is 0 Å². The fourth-order valence-corrected chi connectivity index (χ4v) is 7.35. The van der Waals surface area contributed by atoms with Crippen molar-refractivity contribution in [2.24, 2.45) is 0 Å². The van der Waals surface area contributed by atoms with Crippen LogP contribution < -0.4 is 5.73 Å². The number of hydrogen-bond donors (Lipinski definition) is 1. The molecular weight excluding hydrogens is 506 g/mol. The number of fused-ring (bicyclic) bond motifs is 10. The molecule has 202 valence electrons. The summed E-state index contributed by atoms with van der Waals surface area (Å²) in [6.07, 6.45) is 0. The first-order chi connectivity index (χ1) is 20.4. The minimum absolute atomic E-state index is 0.152. The molecule has 6 aromatic carbocycles. The molecule has 0 heterocycles. The first-order valence-corrected chi connectivity index (χ1v) is 14.8. The van der Waals surface area contributed by atoms with Crippen LogP contribution in [0, 0.1) is 0 Å². The van der Waals surface area contributed by atoms with E-state index in [2.05, 4.69) is 148 Å². The zero-order valence-electron chi connectivity index (χ0n) is 24.3. The Hall–Kier alpha value is -4.88. The van der Waals surface area contributed by atoms with E-state index < -0.39 is 5.41 Å². The van der Waals surface area contributed by atoms with Gasteiger partial charge in [-0.3, -0.25) is 0 Å². The lowest BCUT2D eigenvalue weighted by molar-refractivity contribution is 0.590. The van der Waals surface area contributed by atoms with Crippen molar-refractivity contribution in [3.63, 3.8) is 0 Å². The van der Waals surface area contributed by atoms with Crippen LogP contribution in [0.15, 0.2) is 133 Å². The third kappa shape index (κ3) is 3.43. The van der Waals surface area contributed by atoms with Gasteiger partial charge in [-0.25, -0.2) is 0 Å². The lowest BCUT2D eigenvalue weighted by Gasteiger charge is -2.31. The Morgan fingerprint density at radius 2 is 0.857 bits per heavy atom. The monoisotopic (exact) mass is 539 g/mol. The van der Waals surface area contributed by atoms with E-state index in [1.807, 2.05) is 6.07 Å². The van der Waals surface area contributed by atoms with Gasteiger partial charge in [-0.2, -0.15) is 0 Å². The maximum atomic E-state index is 6.47. The maximum Gasteiger partial charge on any atom is 0.0726 e. The van der Waals surface area contributed by atoms with E-state index in [0.717, 1.165) is 5.69 Å². The van der Waals surface area contributed by atoms with Gasteiger partial charge in [0.1, 0.15) is 0 Å². The minimum atomic E-state index is -0.391. The van der Waals surface area contributed by atoms with E-state index in [1.165, 1.54) is 72.3 Å². The number of anilines is 1. The molecule has 6 aromatic rings. The number of nitrogen functional groups attached to an aromatic ring is 1. The van der Waals surface area contributed by atoms with Crippen LogP contribution in [0.25, 0.3) is 44.5 Å². The predicted octanol–water partition coefficient (Wildman–Crippen LogP) is 10.2. The van der Waals surface area contributed by atoms with Crippen molar-refractivity contribution < 1.29 is 0 Å². The van der Waals surface area contributed by atoms with Crippen molar-refractivity contribution in [2.75, 3.05) is 5.73 Å². The summed E-state index contributed by atoms with van der Waals surface area (Å²) in [6.45, 7) is 6.77. The predicted molar refractivity (Wildman–Crippen MR) is 177 cm³/mol. The molecule has 0 atom stereocenters. The summed E-state index contributed by atoms with van der Waals surface area (Å²) in [5.41, 5.74) is 23.8. The van der Waals surface area contributed by atoms with Crippen LogP contribution in [0.4, 0.5) is 5.69 Å². The molecule has 0 saturated heterocycles. The van der Waals surface area contributed by atoms with Crippen LogP contribution in [-0.2, 0) is 10.8 Å². The van der Waals surface area contributed by atoms with Crippen molar-refractivity contribution in [2.45, 2.75) is 31.6 Å². The average molecular weight is 540 g/mol. The van der Waals surface area contributed by atoms with Gasteiger partial charge >= 0.3 is 0 Å². The van der Waals surface area contributed by atoms with Gasteiger partial charge in [0, 0.05) is 5.69 Å². The van der Waals surface area contributed by atoms with Crippen molar-refractivity contribution in [1.29, 1.82) is 0 Å². The van der Waals surface area contributed by atoms with E-state index in [0.29, 0.717) is 0 Å². The first kappa shape index (κ1) is 24.9. The highest BCUT2D eigenvalue weighted by molar-refractivity contribution is 5.96. The van der Waals surface area contributed by atoms with Crippen LogP contribution in [0.5, 0.6) is 0 Å². The topological polar surface area (TPSA) is 26.0 Å². The van der Waals surface area contributed by atoms with Crippen molar-refractivity contribution in [3.8, 4) is 44.5 Å². The van der Waals surface area contributed by atoms with Crippen molar-refractivity contribution in [1.82, 2.24) is 0 Å². The van der Waals surface area contributed by atoms with E-state index in [4.69, 9.17) is 5.73 Å². The van der Waals surface area contributed by atoms with E-state index in [-0.39, 0.29) is 5.41 Å². The Kier molecular flexibility index (Phi) is 5.22. The fourth-order valence-electron chi connectivity index (χ4n) is 7.35. The van der Waals surface area contributed by atoms with Gasteiger partial charge < -0.3 is 5.73 Å². The van der Waals surface area contributed by atoms with Crippen LogP contribution >= 0.6 is 0 Å². The Morgan fingerprint density at radius 3 is 1.43 bits per heavy atom.